The Labute approximate surface area is 148 Å². The predicted molar refractivity (Wildman–Crippen MR) is 96.4 cm³/mol. The molecule has 3 nitrogen and oxygen atoms in total. The molecule has 0 spiro atoms. The molecule has 1 unspecified atom stereocenters. The van der Waals surface area contributed by atoms with Gasteiger partial charge >= 0.3 is 0 Å². The van der Waals surface area contributed by atoms with Gasteiger partial charge in [-0.05, 0) is 36.6 Å². The molecule has 0 aromatic heterocycles. The van der Waals surface area contributed by atoms with E-state index in [1.54, 1.807) is 23.9 Å². The molecule has 0 radical (unpaired) electrons. The van der Waals surface area contributed by atoms with Crippen LogP contribution in [-0.4, -0.2) is 25.8 Å². The number of halogens is 2. The normalized spacial score (nSPS) is 12.0. The zero-order valence-corrected chi connectivity index (χ0v) is 15.4. The molecule has 2 aromatic rings. The highest BCUT2D eigenvalue weighted by atomic mass is 79.9. The Bertz CT molecular complexity index is 679. The molecule has 122 valence electrons. The maximum atomic E-state index is 13.7. The van der Waals surface area contributed by atoms with E-state index < -0.39 is 5.82 Å². The second kappa shape index (κ2) is 8.47. The van der Waals surface area contributed by atoms with Crippen molar-refractivity contribution in [2.75, 3.05) is 25.2 Å². The van der Waals surface area contributed by atoms with Crippen molar-refractivity contribution in [1.29, 1.82) is 0 Å². The molecule has 1 amide bonds. The number of likely N-dealkylation sites (N-methyl/N-ethyl adjacent to an activating group) is 1. The SMILES string of the molecule is CSc1ccc(C[NH+](C)CC(=O)Nc2ccc(Br)cc2F)cc1. The third-order valence-electron chi connectivity index (χ3n) is 3.33. The quantitative estimate of drug-likeness (QED) is 0.734. The lowest BCUT2D eigenvalue weighted by Gasteiger charge is -2.14. The van der Waals surface area contributed by atoms with Gasteiger partial charge in [-0.1, -0.05) is 28.1 Å². The number of rotatable bonds is 6. The number of hydrogen-bond acceptors (Lipinski definition) is 2. The summed E-state index contributed by atoms with van der Waals surface area (Å²) >= 11 is 4.89. The fourth-order valence-corrected chi connectivity index (χ4v) is 2.96. The van der Waals surface area contributed by atoms with Crippen LogP contribution in [0.4, 0.5) is 10.1 Å². The molecular formula is C17H19BrFN2OS+. The van der Waals surface area contributed by atoms with Crippen LogP contribution < -0.4 is 10.2 Å². The van der Waals surface area contributed by atoms with Crippen molar-refractivity contribution in [2.24, 2.45) is 0 Å². The molecule has 2 rings (SSSR count). The van der Waals surface area contributed by atoms with Crippen LogP contribution in [0.2, 0.25) is 0 Å². The number of benzene rings is 2. The first-order valence-electron chi connectivity index (χ1n) is 7.17. The fraction of sp³-hybridized carbons (Fsp3) is 0.235. The number of amides is 1. The van der Waals surface area contributed by atoms with Gasteiger partial charge < -0.3 is 10.2 Å². The van der Waals surface area contributed by atoms with E-state index in [1.165, 1.54) is 16.5 Å². The lowest BCUT2D eigenvalue weighted by Crippen LogP contribution is -3.08. The van der Waals surface area contributed by atoms with Crippen LogP contribution in [0.3, 0.4) is 0 Å². The Morgan fingerprint density at radius 2 is 1.96 bits per heavy atom. The molecule has 0 fully saturated rings. The highest BCUT2D eigenvalue weighted by Gasteiger charge is 2.13. The van der Waals surface area contributed by atoms with Gasteiger partial charge in [-0.25, -0.2) is 4.39 Å². The lowest BCUT2D eigenvalue weighted by atomic mass is 10.2. The first-order valence-corrected chi connectivity index (χ1v) is 9.19. The van der Waals surface area contributed by atoms with E-state index in [2.05, 4.69) is 45.5 Å². The predicted octanol–water partition coefficient (Wildman–Crippen LogP) is 2.96. The maximum Gasteiger partial charge on any atom is 0.279 e. The van der Waals surface area contributed by atoms with Gasteiger partial charge in [0.15, 0.2) is 6.54 Å². The number of quaternary nitrogens is 1. The first-order chi connectivity index (χ1) is 11.0. The van der Waals surface area contributed by atoms with Crippen LogP contribution in [0.25, 0.3) is 0 Å². The second-order valence-electron chi connectivity index (χ2n) is 5.33. The Balaban J connectivity index is 1.88. The minimum Gasteiger partial charge on any atom is -0.326 e. The summed E-state index contributed by atoms with van der Waals surface area (Å²) < 4.78 is 14.4. The number of carbonyl (C=O) groups is 1. The number of carbonyl (C=O) groups excluding carboxylic acids is 1. The topological polar surface area (TPSA) is 33.5 Å². The lowest BCUT2D eigenvalue weighted by molar-refractivity contribution is -0.885. The molecule has 0 aliphatic rings. The third kappa shape index (κ3) is 5.64. The Morgan fingerprint density at radius 1 is 1.26 bits per heavy atom. The van der Waals surface area contributed by atoms with Crippen LogP contribution in [0.15, 0.2) is 51.8 Å². The molecule has 6 heteroatoms. The molecule has 2 aromatic carbocycles. The standard InChI is InChI=1S/C17H18BrFN2OS/c1-21(10-12-3-6-14(23-2)7-4-12)11-17(22)20-16-8-5-13(18)9-15(16)19/h3-9H,10-11H2,1-2H3,(H,20,22)/p+1. The Kier molecular flexibility index (Phi) is 6.62. The van der Waals surface area contributed by atoms with Gasteiger partial charge in [0.1, 0.15) is 12.4 Å². The highest BCUT2D eigenvalue weighted by Crippen LogP contribution is 2.19. The molecule has 0 bridgehead atoms. The molecule has 0 saturated heterocycles. The van der Waals surface area contributed by atoms with Crippen molar-refractivity contribution in [3.8, 4) is 0 Å². The largest absolute Gasteiger partial charge is 0.326 e. The van der Waals surface area contributed by atoms with Gasteiger partial charge in [0.2, 0.25) is 0 Å². The molecule has 0 heterocycles. The van der Waals surface area contributed by atoms with Crippen LogP contribution in [0, 0.1) is 5.82 Å². The average molecular weight is 398 g/mol. The van der Waals surface area contributed by atoms with Crippen molar-refractivity contribution in [3.05, 3.63) is 58.3 Å². The summed E-state index contributed by atoms with van der Waals surface area (Å²) in [6, 6.07) is 12.9. The molecule has 23 heavy (non-hydrogen) atoms. The van der Waals surface area contributed by atoms with E-state index in [9.17, 15) is 9.18 Å². The zero-order chi connectivity index (χ0) is 16.8. The molecule has 0 aliphatic carbocycles. The van der Waals surface area contributed by atoms with E-state index >= 15 is 0 Å². The van der Waals surface area contributed by atoms with Gasteiger partial charge in [0, 0.05) is 14.9 Å². The van der Waals surface area contributed by atoms with Crippen LogP contribution >= 0.6 is 27.7 Å². The zero-order valence-electron chi connectivity index (χ0n) is 13.0. The van der Waals surface area contributed by atoms with Crippen molar-refractivity contribution in [1.82, 2.24) is 0 Å². The average Bonchev–Trinajstić information content (AvgIpc) is 2.50. The van der Waals surface area contributed by atoms with Crippen LogP contribution in [0.1, 0.15) is 5.56 Å². The molecule has 0 saturated carbocycles. The van der Waals surface area contributed by atoms with E-state index in [1.807, 2.05) is 13.3 Å². The second-order valence-corrected chi connectivity index (χ2v) is 7.13. The smallest absolute Gasteiger partial charge is 0.279 e. The van der Waals surface area contributed by atoms with Crippen LogP contribution in [-0.2, 0) is 11.3 Å². The van der Waals surface area contributed by atoms with E-state index in [-0.39, 0.29) is 18.1 Å². The van der Waals surface area contributed by atoms with E-state index in [0.717, 1.165) is 11.4 Å². The number of hydrogen-bond donors (Lipinski definition) is 2. The van der Waals surface area contributed by atoms with E-state index in [0.29, 0.717) is 4.47 Å². The molecule has 2 N–H and O–H groups in total. The Morgan fingerprint density at radius 3 is 2.57 bits per heavy atom. The summed E-state index contributed by atoms with van der Waals surface area (Å²) in [6.07, 6.45) is 2.04. The summed E-state index contributed by atoms with van der Waals surface area (Å²) in [5.74, 6) is -0.650. The summed E-state index contributed by atoms with van der Waals surface area (Å²) in [5.41, 5.74) is 1.37. The van der Waals surface area contributed by atoms with Crippen molar-refractivity contribution >= 4 is 39.3 Å². The summed E-state index contributed by atoms with van der Waals surface area (Å²) in [6.45, 7) is 1.02. The van der Waals surface area contributed by atoms with Crippen molar-refractivity contribution < 1.29 is 14.1 Å². The third-order valence-corrected chi connectivity index (χ3v) is 4.57. The summed E-state index contributed by atoms with van der Waals surface area (Å²) in [5, 5.41) is 2.61. The number of anilines is 1. The number of nitrogens with one attached hydrogen (secondary N) is 2. The highest BCUT2D eigenvalue weighted by molar-refractivity contribution is 9.10. The molecule has 1 atom stereocenters. The Hall–Kier alpha value is -1.37. The minimum absolute atomic E-state index is 0.204. The van der Waals surface area contributed by atoms with Gasteiger partial charge in [-0.3, -0.25) is 4.79 Å². The fourth-order valence-electron chi connectivity index (χ4n) is 2.21. The van der Waals surface area contributed by atoms with Gasteiger partial charge in [0.05, 0.1) is 12.7 Å². The maximum absolute atomic E-state index is 13.7. The monoisotopic (exact) mass is 397 g/mol. The summed E-state index contributed by atoms with van der Waals surface area (Å²) in [7, 11) is 1.94. The molecule has 0 aliphatic heterocycles. The summed E-state index contributed by atoms with van der Waals surface area (Å²) in [4.78, 5) is 14.3. The number of thioether (sulfide) groups is 1. The van der Waals surface area contributed by atoms with Crippen LogP contribution in [0.5, 0.6) is 0 Å². The van der Waals surface area contributed by atoms with Gasteiger partial charge in [-0.15, -0.1) is 11.8 Å². The minimum atomic E-state index is -0.446. The first kappa shape index (κ1) is 18.0. The van der Waals surface area contributed by atoms with Gasteiger partial charge in [-0.2, -0.15) is 0 Å². The molecular weight excluding hydrogens is 379 g/mol. The van der Waals surface area contributed by atoms with Crippen molar-refractivity contribution in [2.45, 2.75) is 11.4 Å². The van der Waals surface area contributed by atoms with Gasteiger partial charge in [0.25, 0.3) is 5.91 Å². The van der Waals surface area contributed by atoms with Crippen molar-refractivity contribution in [3.63, 3.8) is 0 Å². The van der Waals surface area contributed by atoms with E-state index in [4.69, 9.17) is 0 Å².